The number of benzene rings is 2. The summed E-state index contributed by atoms with van der Waals surface area (Å²) in [4.78, 5) is 12.1. The van der Waals surface area contributed by atoms with E-state index in [-0.39, 0.29) is 5.78 Å². The zero-order valence-corrected chi connectivity index (χ0v) is 11.4. The maximum absolute atomic E-state index is 12.1. The SMILES string of the molecule is CCOc1cccc(C(=O)/C=C/c2ccc(N)cc2)c1. The van der Waals surface area contributed by atoms with E-state index in [9.17, 15) is 4.79 Å². The van der Waals surface area contributed by atoms with Crippen LogP contribution in [0, 0.1) is 0 Å². The van der Waals surface area contributed by atoms with Crippen LogP contribution >= 0.6 is 0 Å². The number of carbonyl (C=O) groups is 1. The van der Waals surface area contributed by atoms with Crippen LogP contribution in [0.1, 0.15) is 22.8 Å². The molecule has 0 aliphatic carbocycles. The molecule has 2 aromatic carbocycles. The van der Waals surface area contributed by atoms with Crippen LogP contribution in [0.15, 0.2) is 54.6 Å². The van der Waals surface area contributed by atoms with Crippen molar-refractivity contribution in [3.8, 4) is 5.75 Å². The number of nitrogens with two attached hydrogens (primary N) is 1. The van der Waals surface area contributed by atoms with Crippen LogP contribution in [-0.4, -0.2) is 12.4 Å². The van der Waals surface area contributed by atoms with Gasteiger partial charge in [0.2, 0.25) is 0 Å². The van der Waals surface area contributed by atoms with Crippen LogP contribution in [0.3, 0.4) is 0 Å². The fourth-order valence-corrected chi connectivity index (χ4v) is 1.78. The maximum Gasteiger partial charge on any atom is 0.185 e. The lowest BCUT2D eigenvalue weighted by atomic mass is 10.1. The van der Waals surface area contributed by atoms with Crippen molar-refractivity contribution >= 4 is 17.5 Å². The molecule has 0 fully saturated rings. The molecule has 2 aromatic rings. The molecule has 0 unspecified atom stereocenters. The van der Waals surface area contributed by atoms with E-state index < -0.39 is 0 Å². The van der Waals surface area contributed by atoms with Gasteiger partial charge in [-0.1, -0.05) is 30.3 Å². The standard InChI is InChI=1S/C17H17NO2/c1-2-20-16-5-3-4-14(12-16)17(19)11-8-13-6-9-15(18)10-7-13/h3-12H,2,18H2,1H3/b11-8+. The number of rotatable bonds is 5. The first kappa shape index (κ1) is 13.9. The summed E-state index contributed by atoms with van der Waals surface area (Å²) < 4.78 is 5.38. The van der Waals surface area contributed by atoms with Gasteiger partial charge in [0.05, 0.1) is 6.61 Å². The summed E-state index contributed by atoms with van der Waals surface area (Å²) in [7, 11) is 0. The molecule has 0 atom stereocenters. The highest BCUT2D eigenvalue weighted by atomic mass is 16.5. The Labute approximate surface area is 118 Å². The van der Waals surface area contributed by atoms with Gasteiger partial charge in [-0.05, 0) is 42.8 Å². The Bertz CT molecular complexity index is 615. The van der Waals surface area contributed by atoms with Crippen molar-refractivity contribution in [1.29, 1.82) is 0 Å². The van der Waals surface area contributed by atoms with Crippen LogP contribution in [0.5, 0.6) is 5.75 Å². The summed E-state index contributed by atoms with van der Waals surface area (Å²) in [6, 6.07) is 14.5. The van der Waals surface area contributed by atoms with Gasteiger partial charge in [-0.25, -0.2) is 0 Å². The minimum absolute atomic E-state index is 0.0524. The molecule has 0 saturated heterocycles. The number of ether oxygens (including phenoxy) is 1. The molecule has 0 saturated carbocycles. The van der Waals surface area contributed by atoms with Gasteiger partial charge in [0.15, 0.2) is 5.78 Å². The first-order chi connectivity index (χ1) is 9.69. The second kappa shape index (κ2) is 6.57. The van der Waals surface area contributed by atoms with Crippen LogP contribution in [0.25, 0.3) is 6.08 Å². The Morgan fingerprint density at radius 3 is 2.65 bits per heavy atom. The molecule has 3 heteroatoms. The second-order valence-corrected chi connectivity index (χ2v) is 4.33. The molecule has 0 bridgehead atoms. The second-order valence-electron chi connectivity index (χ2n) is 4.33. The molecule has 20 heavy (non-hydrogen) atoms. The third-order valence-electron chi connectivity index (χ3n) is 2.79. The van der Waals surface area contributed by atoms with E-state index in [1.165, 1.54) is 0 Å². The van der Waals surface area contributed by atoms with Crippen molar-refractivity contribution in [2.24, 2.45) is 0 Å². The first-order valence-electron chi connectivity index (χ1n) is 6.50. The van der Waals surface area contributed by atoms with Gasteiger partial charge in [-0.3, -0.25) is 4.79 Å². The summed E-state index contributed by atoms with van der Waals surface area (Å²) in [5.41, 5.74) is 7.87. The molecular weight excluding hydrogens is 250 g/mol. The average molecular weight is 267 g/mol. The van der Waals surface area contributed by atoms with E-state index >= 15 is 0 Å². The Hall–Kier alpha value is -2.55. The third-order valence-corrected chi connectivity index (χ3v) is 2.79. The Balaban J connectivity index is 2.11. The van der Waals surface area contributed by atoms with Crippen molar-refractivity contribution < 1.29 is 9.53 Å². The lowest BCUT2D eigenvalue weighted by Gasteiger charge is -2.03. The van der Waals surface area contributed by atoms with E-state index in [2.05, 4.69) is 0 Å². The third kappa shape index (κ3) is 3.72. The minimum atomic E-state index is -0.0524. The van der Waals surface area contributed by atoms with Crippen LogP contribution in [0.4, 0.5) is 5.69 Å². The number of ketones is 1. The van der Waals surface area contributed by atoms with Crippen LogP contribution in [0.2, 0.25) is 0 Å². The summed E-state index contributed by atoms with van der Waals surface area (Å²) in [6.07, 6.45) is 3.33. The fraction of sp³-hybridized carbons (Fsp3) is 0.118. The van der Waals surface area contributed by atoms with E-state index in [1.807, 2.05) is 31.2 Å². The number of anilines is 1. The zero-order chi connectivity index (χ0) is 14.4. The quantitative estimate of drug-likeness (QED) is 0.512. The van der Waals surface area contributed by atoms with Crippen molar-refractivity contribution in [2.75, 3.05) is 12.3 Å². The normalized spacial score (nSPS) is 10.7. The van der Waals surface area contributed by atoms with Crippen LogP contribution in [-0.2, 0) is 0 Å². The number of allylic oxidation sites excluding steroid dienone is 1. The lowest BCUT2D eigenvalue weighted by molar-refractivity contribution is 0.104. The average Bonchev–Trinajstić information content (AvgIpc) is 2.47. The van der Waals surface area contributed by atoms with Gasteiger partial charge >= 0.3 is 0 Å². The zero-order valence-electron chi connectivity index (χ0n) is 11.4. The molecule has 0 spiro atoms. The molecule has 0 aliphatic heterocycles. The van der Waals surface area contributed by atoms with E-state index in [0.717, 1.165) is 5.56 Å². The monoisotopic (exact) mass is 267 g/mol. The molecule has 0 aliphatic rings. The van der Waals surface area contributed by atoms with Crippen molar-refractivity contribution in [2.45, 2.75) is 6.92 Å². The highest BCUT2D eigenvalue weighted by Gasteiger charge is 2.03. The molecule has 2 rings (SSSR count). The summed E-state index contributed by atoms with van der Waals surface area (Å²) in [5, 5.41) is 0. The molecule has 0 heterocycles. The van der Waals surface area contributed by atoms with Gasteiger partial charge in [-0.2, -0.15) is 0 Å². The Kier molecular flexibility index (Phi) is 4.56. The van der Waals surface area contributed by atoms with Gasteiger partial charge < -0.3 is 10.5 Å². The Morgan fingerprint density at radius 1 is 1.20 bits per heavy atom. The topological polar surface area (TPSA) is 52.3 Å². The molecule has 0 radical (unpaired) electrons. The smallest absolute Gasteiger partial charge is 0.185 e. The molecular formula is C17H17NO2. The number of carbonyl (C=O) groups excluding carboxylic acids is 1. The van der Waals surface area contributed by atoms with E-state index in [4.69, 9.17) is 10.5 Å². The first-order valence-corrected chi connectivity index (χ1v) is 6.50. The van der Waals surface area contributed by atoms with E-state index in [1.54, 1.807) is 36.4 Å². The predicted octanol–water partition coefficient (Wildman–Crippen LogP) is 3.56. The number of nitrogen functional groups attached to an aromatic ring is 1. The largest absolute Gasteiger partial charge is 0.494 e. The van der Waals surface area contributed by atoms with Gasteiger partial charge in [-0.15, -0.1) is 0 Å². The highest BCUT2D eigenvalue weighted by Crippen LogP contribution is 2.15. The predicted molar refractivity (Wildman–Crippen MR) is 81.8 cm³/mol. The lowest BCUT2D eigenvalue weighted by Crippen LogP contribution is -1.97. The molecule has 3 nitrogen and oxygen atoms in total. The molecule has 0 amide bonds. The molecule has 102 valence electrons. The highest BCUT2D eigenvalue weighted by molar-refractivity contribution is 6.07. The van der Waals surface area contributed by atoms with Gasteiger partial charge in [0.1, 0.15) is 5.75 Å². The molecule has 2 N–H and O–H groups in total. The van der Waals surface area contributed by atoms with E-state index in [0.29, 0.717) is 23.6 Å². The number of hydrogen-bond acceptors (Lipinski definition) is 3. The maximum atomic E-state index is 12.1. The van der Waals surface area contributed by atoms with Gasteiger partial charge in [0.25, 0.3) is 0 Å². The number of hydrogen-bond donors (Lipinski definition) is 1. The van der Waals surface area contributed by atoms with Crippen molar-refractivity contribution in [1.82, 2.24) is 0 Å². The van der Waals surface area contributed by atoms with Crippen molar-refractivity contribution in [3.05, 3.63) is 65.7 Å². The summed E-state index contributed by atoms with van der Waals surface area (Å²) in [6.45, 7) is 2.49. The van der Waals surface area contributed by atoms with Crippen molar-refractivity contribution in [3.63, 3.8) is 0 Å². The Morgan fingerprint density at radius 2 is 1.95 bits per heavy atom. The van der Waals surface area contributed by atoms with Crippen LogP contribution < -0.4 is 10.5 Å². The fourth-order valence-electron chi connectivity index (χ4n) is 1.78. The van der Waals surface area contributed by atoms with Gasteiger partial charge in [0, 0.05) is 11.3 Å². The summed E-state index contributed by atoms with van der Waals surface area (Å²) >= 11 is 0. The summed E-state index contributed by atoms with van der Waals surface area (Å²) in [5.74, 6) is 0.655. The molecule has 0 aromatic heterocycles. The minimum Gasteiger partial charge on any atom is -0.494 e.